The Hall–Kier alpha value is -4.80. The fourth-order valence-corrected chi connectivity index (χ4v) is 5.72. The van der Waals surface area contributed by atoms with Gasteiger partial charge in [-0.15, -0.1) is 0 Å². The lowest BCUT2D eigenvalue weighted by Crippen LogP contribution is -2.32. The van der Waals surface area contributed by atoms with Crippen LogP contribution in [0.3, 0.4) is 0 Å². The minimum absolute atomic E-state index is 0.114. The number of hydrogen-bond acceptors (Lipinski definition) is 6. The monoisotopic (exact) mass is 734 g/mol. The molecule has 1 fully saturated rings. The highest BCUT2D eigenvalue weighted by atomic mass is 79.9. The second-order valence-corrected chi connectivity index (χ2v) is 12.1. The van der Waals surface area contributed by atoms with Crippen LogP contribution in [-0.4, -0.2) is 51.9 Å². The smallest absolute Gasteiger partial charge is 0.302 e. The molecular formula is C39H43BrO9. The molecule has 260 valence electrons. The Kier molecular flexibility index (Phi) is 17.5. The van der Waals surface area contributed by atoms with E-state index in [4.69, 9.17) is 39.2 Å². The van der Waals surface area contributed by atoms with Crippen LogP contribution in [0.15, 0.2) is 114 Å². The molecule has 3 N–H and O–H groups in total. The number of carboxylic acid groups (broad SMARTS) is 3. The molecule has 9 nitrogen and oxygen atoms in total. The normalized spacial score (nSPS) is 16.2. The van der Waals surface area contributed by atoms with Crippen molar-refractivity contribution >= 4 is 39.8 Å². The van der Waals surface area contributed by atoms with E-state index >= 15 is 0 Å². The molecule has 4 aromatic rings. The van der Waals surface area contributed by atoms with Gasteiger partial charge in [0.05, 0.1) is 12.2 Å². The van der Waals surface area contributed by atoms with Gasteiger partial charge in [0.2, 0.25) is 0 Å². The molecule has 0 spiro atoms. The first-order chi connectivity index (χ1) is 23.3. The topological polar surface area (TPSA) is 147 Å². The van der Waals surface area contributed by atoms with Gasteiger partial charge >= 0.3 is 5.97 Å². The molecular weight excluding hydrogens is 692 g/mol. The first kappa shape index (κ1) is 40.4. The summed E-state index contributed by atoms with van der Waals surface area (Å²) in [5.74, 6) is -2.49. The fraction of sp³-hybridized carbons (Fsp3) is 0.282. The first-order valence-electron chi connectivity index (χ1n) is 15.6. The Labute approximate surface area is 295 Å². The van der Waals surface area contributed by atoms with Crippen LogP contribution in [-0.2, 0) is 28.7 Å². The molecule has 3 atom stereocenters. The van der Waals surface area contributed by atoms with Crippen molar-refractivity contribution in [3.63, 3.8) is 0 Å². The van der Waals surface area contributed by atoms with E-state index in [9.17, 15) is 4.79 Å². The van der Waals surface area contributed by atoms with Gasteiger partial charge in [0.15, 0.2) is 0 Å². The Morgan fingerprint density at radius 1 is 0.694 bits per heavy atom. The van der Waals surface area contributed by atoms with Gasteiger partial charge in [-0.05, 0) is 52.8 Å². The van der Waals surface area contributed by atoms with E-state index in [-0.39, 0.29) is 36.6 Å². The average Bonchev–Trinajstić information content (AvgIpc) is 3.05. The second-order valence-electron chi connectivity index (χ2n) is 11.2. The van der Waals surface area contributed by atoms with Crippen LogP contribution in [0.25, 0.3) is 0 Å². The number of carboxylic acids is 3. The first-order valence-corrected chi connectivity index (χ1v) is 16.4. The summed E-state index contributed by atoms with van der Waals surface area (Å²) >= 11 is 3.57. The van der Waals surface area contributed by atoms with Crippen molar-refractivity contribution in [2.24, 2.45) is 0 Å². The van der Waals surface area contributed by atoms with E-state index in [1.807, 2.05) is 0 Å². The Morgan fingerprint density at radius 2 is 1.14 bits per heavy atom. The molecule has 1 aliphatic rings. The Bertz CT molecular complexity index is 1530. The van der Waals surface area contributed by atoms with E-state index in [2.05, 4.69) is 125 Å². The summed E-state index contributed by atoms with van der Waals surface area (Å²) in [6, 6.07) is 38.6. The van der Waals surface area contributed by atoms with Crippen LogP contribution < -0.4 is 0 Å². The summed E-state index contributed by atoms with van der Waals surface area (Å²) in [6.45, 7) is 4.98. The van der Waals surface area contributed by atoms with Crippen molar-refractivity contribution in [2.45, 2.75) is 64.6 Å². The molecule has 0 aromatic heterocycles. The highest BCUT2D eigenvalue weighted by Crippen LogP contribution is 2.47. The number of halogens is 1. The van der Waals surface area contributed by atoms with E-state index < -0.39 is 17.9 Å². The average molecular weight is 736 g/mol. The maximum absolute atomic E-state index is 11.5. The largest absolute Gasteiger partial charge is 0.481 e. The van der Waals surface area contributed by atoms with Crippen LogP contribution in [0.5, 0.6) is 0 Å². The lowest BCUT2D eigenvalue weighted by molar-refractivity contribution is -0.151. The number of carbonyl (C=O) groups excluding carboxylic acids is 1. The second kappa shape index (κ2) is 21.2. The van der Waals surface area contributed by atoms with E-state index in [1.54, 1.807) is 0 Å². The zero-order valence-corrected chi connectivity index (χ0v) is 29.6. The predicted molar refractivity (Wildman–Crippen MR) is 191 cm³/mol. The fourth-order valence-electron chi connectivity index (χ4n) is 5.46. The van der Waals surface area contributed by atoms with Crippen molar-refractivity contribution in [3.8, 4) is 0 Å². The van der Waals surface area contributed by atoms with Crippen molar-refractivity contribution in [1.82, 2.24) is 0 Å². The number of esters is 1. The van der Waals surface area contributed by atoms with Crippen LogP contribution in [0, 0.1) is 0 Å². The SMILES string of the molecule is CC(=O)O.CC(=O)O.CC(=O)O.CC(=O)OC[C@H]1CC[C@@H](c2ccccc2C(c2ccccc2)c2ccccc2)[C@@H](c2ccc(Br)cc2)O1. The number of aliphatic carboxylic acids is 3. The molecule has 4 aromatic carbocycles. The zero-order chi connectivity index (χ0) is 36.3. The van der Waals surface area contributed by atoms with E-state index in [1.165, 1.54) is 29.2 Å². The van der Waals surface area contributed by atoms with Crippen LogP contribution >= 0.6 is 15.9 Å². The van der Waals surface area contributed by atoms with Gasteiger partial charge in [0.25, 0.3) is 17.9 Å². The van der Waals surface area contributed by atoms with E-state index in [0.717, 1.165) is 43.6 Å². The van der Waals surface area contributed by atoms with Crippen LogP contribution in [0.2, 0.25) is 0 Å². The van der Waals surface area contributed by atoms with Crippen molar-refractivity contribution in [3.05, 3.63) is 141 Å². The predicted octanol–water partition coefficient (Wildman–Crippen LogP) is 8.47. The molecule has 0 saturated carbocycles. The minimum Gasteiger partial charge on any atom is -0.481 e. The van der Waals surface area contributed by atoms with Crippen molar-refractivity contribution < 1.29 is 44.0 Å². The number of rotatable bonds is 7. The molecule has 0 amide bonds. The molecule has 5 rings (SSSR count). The Morgan fingerprint density at radius 3 is 1.61 bits per heavy atom. The highest BCUT2D eigenvalue weighted by molar-refractivity contribution is 9.10. The number of carbonyl (C=O) groups is 4. The molecule has 0 bridgehead atoms. The highest BCUT2D eigenvalue weighted by Gasteiger charge is 2.36. The van der Waals surface area contributed by atoms with Gasteiger partial charge in [-0.25, -0.2) is 0 Å². The number of benzene rings is 4. The third-order valence-corrected chi connectivity index (χ3v) is 7.68. The van der Waals surface area contributed by atoms with Crippen molar-refractivity contribution in [2.75, 3.05) is 6.61 Å². The van der Waals surface area contributed by atoms with Gasteiger partial charge < -0.3 is 24.8 Å². The number of ether oxygens (including phenoxy) is 2. The molecule has 0 unspecified atom stereocenters. The van der Waals surface area contributed by atoms with Crippen LogP contribution in [0.4, 0.5) is 0 Å². The molecule has 49 heavy (non-hydrogen) atoms. The molecule has 0 radical (unpaired) electrons. The summed E-state index contributed by atoms with van der Waals surface area (Å²) in [7, 11) is 0. The quantitative estimate of drug-likeness (QED) is 0.126. The summed E-state index contributed by atoms with van der Waals surface area (Å²) in [5.41, 5.74) is 6.27. The van der Waals surface area contributed by atoms with Gasteiger partial charge in [0, 0.05) is 44.0 Å². The lowest BCUT2D eigenvalue weighted by atomic mass is 9.75. The maximum Gasteiger partial charge on any atom is 0.302 e. The van der Waals surface area contributed by atoms with E-state index in [0.29, 0.717) is 0 Å². The summed E-state index contributed by atoms with van der Waals surface area (Å²) < 4.78 is 13.1. The number of hydrogen-bond donors (Lipinski definition) is 3. The third kappa shape index (κ3) is 14.9. The molecule has 1 heterocycles. The minimum atomic E-state index is -0.833. The van der Waals surface area contributed by atoms with Crippen molar-refractivity contribution in [1.29, 1.82) is 0 Å². The molecule has 1 aliphatic heterocycles. The zero-order valence-electron chi connectivity index (χ0n) is 28.0. The summed E-state index contributed by atoms with van der Waals surface area (Å²) in [6.07, 6.45) is 1.51. The maximum atomic E-state index is 11.5. The summed E-state index contributed by atoms with van der Waals surface area (Å²) in [4.78, 5) is 38.5. The molecule has 1 saturated heterocycles. The van der Waals surface area contributed by atoms with Crippen LogP contribution in [0.1, 0.15) is 86.3 Å². The Balaban J connectivity index is 0.000000603. The molecule has 10 heteroatoms. The summed E-state index contributed by atoms with van der Waals surface area (Å²) in [5, 5.41) is 22.2. The molecule has 0 aliphatic carbocycles. The lowest BCUT2D eigenvalue weighted by Gasteiger charge is -2.38. The van der Waals surface area contributed by atoms with Gasteiger partial charge in [-0.2, -0.15) is 0 Å². The van der Waals surface area contributed by atoms with Gasteiger partial charge in [-0.3, -0.25) is 19.2 Å². The standard InChI is InChI=1S/C33H31BrO3.3C2H4O2/c1-23(35)36-22-28-20-21-31(33(37-28)26-16-18-27(34)19-17-26)29-14-8-9-15-30(29)32(24-10-4-2-5-11-24)25-12-6-3-7-13-25;3*1-2(3)4/h2-19,28,31-33H,20-22H2,1H3;3*1H3,(H,3,4)/t28-,31+,33-;;;/m1.../s1. The third-order valence-electron chi connectivity index (χ3n) is 7.15. The van der Waals surface area contributed by atoms with Gasteiger partial charge in [0.1, 0.15) is 6.61 Å². The van der Waals surface area contributed by atoms with Gasteiger partial charge in [-0.1, -0.05) is 113 Å².